The van der Waals surface area contributed by atoms with Crippen LogP contribution >= 0.6 is 0 Å². The van der Waals surface area contributed by atoms with Gasteiger partial charge in [0.2, 0.25) is 0 Å². The second kappa shape index (κ2) is 9.49. The maximum Gasteiger partial charge on any atom is 0.407 e. The molecule has 25 heavy (non-hydrogen) atoms. The van der Waals surface area contributed by atoms with Gasteiger partial charge >= 0.3 is 6.09 Å². The highest BCUT2D eigenvalue weighted by molar-refractivity contribution is 5.64. The zero-order chi connectivity index (χ0) is 18.1. The summed E-state index contributed by atoms with van der Waals surface area (Å²) in [6.45, 7) is 0.387. The number of carboxylic acid groups (broad SMARTS) is 1. The van der Waals surface area contributed by atoms with Crippen molar-refractivity contribution in [3.63, 3.8) is 0 Å². The summed E-state index contributed by atoms with van der Waals surface area (Å²) in [5, 5.41) is 17.8. The fourth-order valence-corrected chi connectivity index (χ4v) is 2.38. The van der Waals surface area contributed by atoms with Crippen LogP contribution < -0.4 is 4.74 Å². The first kappa shape index (κ1) is 18.5. The molecular formula is C20H23NO4. The van der Waals surface area contributed by atoms with E-state index >= 15 is 0 Å². The van der Waals surface area contributed by atoms with Crippen molar-refractivity contribution in [2.45, 2.75) is 12.5 Å². The number of aliphatic hydroxyl groups excluding tert-OH is 1. The van der Waals surface area contributed by atoms with Gasteiger partial charge in [0, 0.05) is 20.0 Å². The van der Waals surface area contributed by atoms with Crippen molar-refractivity contribution >= 4 is 12.2 Å². The second-order valence-corrected chi connectivity index (χ2v) is 5.66. The van der Waals surface area contributed by atoms with Gasteiger partial charge in [0.25, 0.3) is 0 Å². The topological polar surface area (TPSA) is 70.0 Å². The van der Waals surface area contributed by atoms with E-state index in [1.54, 1.807) is 13.1 Å². The lowest BCUT2D eigenvalue weighted by Gasteiger charge is -2.22. The Morgan fingerprint density at radius 3 is 2.44 bits per heavy atom. The summed E-state index contributed by atoms with van der Waals surface area (Å²) in [6.07, 6.45) is 2.87. The Hall–Kier alpha value is -2.79. The van der Waals surface area contributed by atoms with Crippen LogP contribution in [-0.2, 0) is 0 Å². The van der Waals surface area contributed by atoms with Crippen molar-refractivity contribution in [3.05, 3.63) is 71.8 Å². The molecule has 0 aromatic heterocycles. The minimum Gasteiger partial charge on any atom is -0.486 e. The molecule has 132 valence electrons. The van der Waals surface area contributed by atoms with Crippen LogP contribution in [0.25, 0.3) is 6.08 Å². The monoisotopic (exact) mass is 341 g/mol. The SMILES string of the molecule is CN(CCC(Oc1ccc(/C=C/CO)cc1)c1ccccc1)C(=O)O. The number of benzene rings is 2. The lowest BCUT2D eigenvalue weighted by molar-refractivity contribution is 0.140. The third-order valence-electron chi connectivity index (χ3n) is 3.80. The molecule has 0 saturated heterocycles. The van der Waals surface area contributed by atoms with Gasteiger partial charge in [-0.2, -0.15) is 0 Å². The van der Waals surface area contributed by atoms with Crippen LogP contribution in [0.4, 0.5) is 4.79 Å². The van der Waals surface area contributed by atoms with Gasteiger partial charge < -0.3 is 19.8 Å². The van der Waals surface area contributed by atoms with E-state index in [-0.39, 0.29) is 12.7 Å². The molecule has 0 bridgehead atoms. The standard InChI is InChI=1S/C20H23NO4/c1-21(20(23)24)14-13-19(17-7-3-2-4-8-17)25-18-11-9-16(10-12-18)6-5-15-22/h2-12,19,22H,13-15H2,1H3,(H,23,24)/b6-5+. The number of ether oxygens (including phenoxy) is 1. The molecule has 2 N–H and O–H groups in total. The number of amides is 1. The highest BCUT2D eigenvalue weighted by Gasteiger charge is 2.16. The Labute approximate surface area is 147 Å². The Kier molecular flexibility index (Phi) is 7.04. The third-order valence-corrected chi connectivity index (χ3v) is 3.80. The first-order valence-corrected chi connectivity index (χ1v) is 8.13. The van der Waals surface area contributed by atoms with Crippen molar-refractivity contribution in [2.75, 3.05) is 20.2 Å². The molecular weight excluding hydrogens is 318 g/mol. The average Bonchev–Trinajstić information content (AvgIpc) is 2.64. The second-order valence-electron chi connectivity index (χ2n) is 5.66. The lowest BCUT2D eigenvalue weighted by atomic mass is 10.1. The van der Waals surface area contributed by atoms with Crippen molar-refractivity contribution in [1.29, 1.82) is 0 Å². The summed E-state index contributed by atoms with van der Waals surface area (Å²) < 4.78 is 6.10. The third kappa shape index (κ3) is 5.97. The summed E-state index contributed by atoms with van der Waals surface area (Å²) >= 11 is 0. The fourth-order valence-electron chi connectivity index (χ4n) is 2.38. The van der Waals surface area contributed by atoms with Crippen LogP contribution in [0.5, 0.6) is 5.75 Å². The molecule has 2 aromatic rings. The minimum absolute atomic E-state index is 0.00538. The first-order chi connectivity index (χ1) is 12.1. The Morgan fingerprint density at radius 2 is 1.84 bits per heavy atom. The predicted molar refractivity (Wildman–Crippen MR) is 97.6 cm³/mol. The quantitative estimate of drug-likeness (QED) is 0.766. The number of carbonyl (C=O) groups is 1. The van der Waals surface area contributed by atoms with Gasteiger partial charge in [-0.3, -0.25) is 0 Å². The van der Waals surface area contributed by atoms with Gasteiger partial charge in [0.15, 0.2) is 0 Å². The molecule has 0 saturated carbocycles. The predicted octanol–water partition coefficient (Wildman–Crippen LogP) is 3.81. The molecule has 1 amide bonds. The zero-order valence-corrected chi connectivity index (χ0v) is 14.2. The summed E-state index contributed by atoms with van der Waals surface area (Å²) in [4.78, 5) is 12.2. The number of hydrogen-bond donors (Lipinski definition) is 2. The summed E-state index contributed by atoms with van der Waals surface area (Å²) in [7, 11) is 1.55. The summed E-state index contributed by atoms with van der Waals surface area (Å²) in [5.74, 6) is 0.716. The number of nitrogens with zero attached hydrogens (tertiary/aromatic N) is 1. The molecule has 5 nitrogen and oxygen atoms in total. The fraction of sp³-hybridized carbons (Fsp3) is 0.250. The van der Waals surface area contributed by atoms with E-state index < -0.39 is 6.09 Å². The molecule has 0 fully saturated rings. The Bertz CT molecular complexity index is 683. The summed E-state index contributed by atoms with van der Waals surface area (Å²) in [5.41, 5.74) is 1.98. The molecule has 5 heteroatoms. The van der Waals surface area contributed by atoms with Gasteiger partial charge in [0.1, 0.15) is 11.9 Å². The van der Waals surface area contributed by atoms with Crippen LogP contribution in [0.15, 0.2) is 60.7 Å². The maximum atomic E-state index is 11.0. The number of aliphatic hydroxyl groups is 1. The molecule has 1 unspecified atom stereocenters. The molecule has 0 aliphatic rings. The van der Waals surface area contributed by atoms with E-state index in [2.05, 4.69) is 0 Å². The van der Waals surface area contributed by atoms with E-state index in [1.807, 2.05) is 60.7 Å². The minimum atomic E-state index is -0.952. The van der Waals surface area contributed by atoms with Crippen molar-refractivity contribution in [2.24, 2.45) is 0 Å². The van der Waals surface area contributed by atoms with E-state index in [0.29, 0.717) is 18.7 Å². The number of hydrogen-bond acceptors (Lipinski definition) is 3. The van der Waals surface area contributed by atoms with Gasteiger partial charge in [-0.25, -0.2) is 4.79 Å². The van der Waals surface area contributed by atoms with Gasteiger partial charge in [0.05, 0.1) is 6.61 Å². The molecule has 2 rings (SSSR count). The molecule has 0 radical (unpaired) electrons. The summed E-state index contributed by atoms with van der Waals surface area (Å²) in [6, 6.07) is 17.3. The zero-order valence-electron chi connectivity index (χ0n) is 14.2. The van der Waals surface area contributed by atoms with E-state index in [1.165, 1.54) is 4.90 Å². The van der Waals surface area contributed by atoms with E-state index in [0.717, 1.165) is 11.1 Å². The lowest BCUT2D eigenvalue weighted by Crippen LogP contribution is -2.27. The van der Waals surface area contributed by atoms with Crippen LogP contribution in [0.3, 0.4) is 0 Å². The Morgan fingerprint density at radius 1 is 1.16 bits per heavy atom. The molecule has 0 aliphatic heterocycles. The van der Waals surface area contributed by atoms with Gasteiger partial charge in [-0.15, -0.1) is 0 Å². The average molecular weight is 341 g/mol. The first-order valence-electron chi connectivity index (χ1n) is 8.13. The van der Waals surface area contributed by atoms with Crippen LogP contribution in [0, 0.1) is 0 Å². The molecule has 0 aliphatic carbocycles. The highest BCUT2D eigenvalue weighted by Crippen LogP contribution is 2.25. The van der Waals surface area contributed by atoms with Crippen molar-refractivity contribution < 1.29 is 19.7 Å². The maximum absolute atomic E-state index is 11.0. The van der Waals surface area contributed by atoms with Crippen LogP contribution in [0.2, 0.25) is 0 Å². The van der Waals surface area contributed by atoms with Crippen molar-refractivity contribution in [1.82, 2.24) is 4.90 Å². The highest BCUT2D eigenvalue weighted by atomic mass is 16.5. The molecule has 0 spiro atoms. The van der Waals surface area contributed by atoms with E-state index in [4.69, 9.17) is 14.9 Å². The largest absolute Gasteiger partial charge is 0.486 e. The molecule has 2 aromatic carbocycles. The van der Waals surface area contributed by atoms with Crippen LogP contribution in [-0.4, -0.2) is 41.4 Å². The van der Waals surface area contributed by atoms with Crippen molar-refractivity contribution in [3.8, 4) is 5.75 Å². The normalized spacial score (nSPS) is 12.1. The molecule has 1 atom stereocenters. The van der Waals surface area contributed by atoms with Gasteiger partial charge in [-0.05, 0) is 23.3 Å². The smallest absolute Gasteiger partial charge is 0.407 e. The molecule has 0 heterocycles. The van der Waals surface area contributed by atoms with Crippen LogP contribution in [0.1, 0.15) is 23.7 Å². The number of rotatable bonds is 8. The Balaban J connectivity index is 2.10. The van der Waals surface area contributed by atoms with E-state index in [9.17, 15) is 4.79 Å². The van der Waals surface area contributed by atoms with Gasteiger partial charge in [-0.1, -0.05) is 54.6 Å².